The van der Waals surface area contributed by atoms with Gasteiger partial charge in [-0.2, -0.15) is 0 Å². The molecule has 2 heteroatoms. The molecular formula is C15H14N2. The molecule has 2 bridgehead atoms. The second kappa shape index (κ2) is 3.16. The van der Waals surface area contributed by atoms with E-state index in [9.17, 15) is 0 Å². The summed E-state index contributed by atoms with van der Waals surface area (Å²) in [4.78, 5) is 8.61. The maximum absolute atomic E-state index is 4.31. The highest BCUT2D eigenvalue weighted by molar-refractivity contribution is 5.53. The number of hydrogen-bond acceptors (Lipinski definition) is 2. The van der Waals surface area contributed by atoms with Crippen molar-refractivity contribution >= 4 is 0 Å². The van der Waals surface area contributed by atoms with Crippen LogP contribution in [0, 0.1) is 5.92 Å². The van der Waals surface area contributed by atoms with E-state index in [4.69, 9.17) is 0 Å². The summed E-state index contributed by atoms with van der Waals surface area (Å²) in [6.07, 6.45) is 9.21. The summed E-state index contributed by atoms with van der Waals surface area (Å²) in [6, 6.07) is 4.38. The van der Waals surface area contributed by atoms with Crippen molar-refractivity contribution in [3.63, 3.8) is 0 Å². The minimum absolute atomic E-state index is 0.529. The van der Waals surface area contributed by atoms with Crippen LogP contribution in [0.4, 0.5) is 0 Å². The summed E-state index contributed by atoms with van der Waals surface area (Å²) < 4.78 is 0. The Morgan fingerprint density at radius 1 is 0.941 bits per heavy atom. The van der Waals surface area contributed by atoms with E-state index >= 15 is 0 Å². The van der Waals surface area contributed by atoms with Crippen molar-refractivity contribution in [2.24, 2.45) is 5.92 Å². The van der Waals surface area contributed by atoms with Crippen molar-refractivity contribution in [2.75, 3.05) is 0 Å². The maximum Gasteiger partial charge on any atom is 0.0309 e. The molecule has 0 saturated heterocycles. The van der Waals surface area contributed by atoms with Gasteiger partial charge in [0.15, 0.2) is 0 Å². The van der Waals surface area contributed by atoms with Crippen molar-refractivity contribution in [1.29, 1.82) is 0 Å². The fourth-order valence-corrected chi connectivity index (χ4v) is 3.70. The van der Waals surface area contributed by atoms with Crippen molar-refractivity contribution in [3.05, 3.63) is 59.2 Å². The highest BCUT2D eigenvalue weighted by Gasteiger charge is 2.41. The molecule has 0 fully saturated rings. The summed E-state index contributed by atoms with van der Waals surface area (Å²) in [7, 11) is 0. The zero-order chi connectivity index (χ0) is 11.4. The lowest BCUT2D eigenvalue weighted by atomic mass is 9.60. The Hall–Kier alpha value is -1.70. The third-order valence-corrected chi connectivity index (χ3v) is 4.37. The lowest BCUT2D eigenvalue weighted by molar-refractivity contribution is 0.383. The largest absolute Gasteiger partial charge is 0.264 e. The summed E-state index contributed by atoms with van der Waals surface area (Å²) in [5.41, 5.74) is 5.83. The Kier molecular flexibility index (Phi) is 1.74. The average molecular weight is 222 g/mol. The van der Waals surface area contributed by atoms with Gasteiger partial charge in [-0.3, -0.25) is 9.97 Å². The van der Waals surface area contributed by atoms with Crippen LogP contribution in [0.3, 0.4) is 0 Å². The highest BCUT2D eigenvalue weighted by atomic mass is 14.7. The smallest absolute Gasteiger partial charge is 0.0309 e. The molecule has 3 atom stereocenters. The van der Waals surface area contributed by atoms with Gasteiger partial charge in [0.25, 0.3) is 0 Å². The monoisotopic (exact) mass is 222 g/mol. The first-order chi connectivity index (χ1) is 8.36. The van der Waals surface area contributed by atoms with Gasteiger partial charge in [0.1, 0.15) is 0 Å². The second-order valence-corrected chi connectivity index (χ2v) is 5.25. The van der Waals surface area contributed by atoms with Crippen LogP contribution in [-0.4, -0.2) is 9.97 Å². The van der Waals surface area contributed by atoms with Crippen molar-refractivity contribution in [3.8, 4) is 0 Å². The van der Waals surface area contributed by atoms with Crippen LogP contribution in [0.2, 0.25) is 0 Å². The van der Waals surface area contributed by atoms with Crippen LogP contribution >= 0.6 is 0 Å². The molecule has 0 N–H and O–H groups in total. The van der Waals surface area contributed by atoms with Gasteiger partial charge in [0, 0.05) is 36.6 Å². The molecule has 2 aromatic rings. The van der Waals surface area contributed by atoms with E-state index in [1.54, 1.807) is 0 Å². The van der Waals surface area contributed by atoms with Gasteiger partial charge >= 0.3 is 0 Å². The van der Waals surface area contributed by atoms with Crippen molar-refractivity contribution in [1.82, 2.24) is 9.97 Å². The lowest BCUT2D eigenvalue weighted by Gasteiger charge is -2.43. The van der Waals surface area contributed by atoms with E-state index in [-0.39, 0.29) is 0 Å². The van der Waals surface area contributed by atoms with Crippen LogP contribution in [0.25, 0.3) is 0 Å². The molecule has 0 radical (unpaired) electrons. The molecule has 0 spiro atoms. The zero-order valence-corrected chi connectivity index (χ0v) is 9.80. The first kappa shape index (κ1) is 9.34. The highest BCUT2D eigenvalue weighted by Crippen LogP contribution is 2.54. The number of nitrogens with zero attached hydrogens (tertiary/aromatic N) is 2. The SMILES string of the molecule is CC1CC2c3cnccc3C1c1cnccc12. The molecular weight excluding hydrogens is 208 g/mol. The number of fused-ring (bicyclic) bond motifs is 1. The van der Waals surface area contributed by atoms with Gasteiger partial charge in [-0.1, -0.05) is 6.92 Å². The predicted molar refractivity (Wildman–Crippen MR) is 65.9 cm³/mol. The molecule has 0 amide bonds. The van der Waals surface area contributed by atoms with Gasteiger partial charge in [-0.15, -0.1) is 0 Å². The number of pyridine rings is 2. The van der Waals surface area contributed by atoms with Crippen LogP contribution < -0.4 is 0 Å². The molecule has 2 nitrogen and oxygen atoms in total. The van der Waals surface area contributed by atoms with E-state index < -0.39 is 0 Å². The van der Waals surface area contributed by atoms with E-state index in [2.05, 4.69) is 41.4 Å². The van der Waals surface area contributed by atoms with Gasteiger partial charge in [0.05, 0.1) is 0 Å². The molecule has 84 valence electrons. The van der Waals surface area contributed by atoms with Gasteiger partial charge in [0.2, 0.25) is 0 Å². The number of rotatable bonds is 0. The van der Waals surface area contributed by atoms with Crippen molar-refractivity contribution < 1.29 is 0 Å². The maximum atomic E-state index is 4.31. The summed E-state index contributed by atoms with van der Waals surface area (Å²) in [5.74, 6) is 1.78. The fourth-order valence-electron chi connectivity index (χ4n) is 3.70. The molecule has 0 saturated carbocycles. The Bertz CT molecular complexity index is 543. The predicted octanol–water partition coefficient (Wildman–Crippen LogP) is 3.09. The average Bonchev–Trinajstić information content (AvgIpc) is 2.39. The quantitative estimate of drug-likeness (QED) is 0.684. The molecule has 2 aromatic heterocycles. The third kappa shape index (κ3) is 1.10. The molecule has 2 heterocycles. The second-order valence-electron chi connectivity index (χ2n) is 5.25. The van der Waals surface area contributed by atoms with Crippen LogP contribution in [-0.2, 0) is 0 Å². The van der Waals surface area contributed by atoms with E-state index in [1.165, 1.54) is 28.7 Å². The minimum atomic E-state index is 0.529. The van der Waals surface area contributed by atoms with Crippen LogP contribution in [0.5, 0.6) is 0 Å². The first-order valence-corrected chi connectivity index (χ1v) is 6.24. The van der Waals surface area contributed by atoms with E-state index in [0.717, 1.165) is 0 Å². The molecule has 3 aliphatic carbocycles. The molecule has 5 rings (SSSR count). The van der Waals surface area contributed by atoms with Crippen molar-refractivity contribution in [2.45, 2.75) is 25.2 Å². The number of hydrogen-bond donors (Lipinski definition) is 0. The molecule has 3 unspecified atom stereocenters. The minimum Gasteiger partial charge on any atom is -0.264 e. The normalized spacial score (nSPS) is 28.6. The fraction of sp³-hybridized carbons (Fsp3) is 0.333. The zero-order valence-electron chi connectivity index (χ0n) is 9.80. The van der Waals surface area contributed by atoms with E-state index in [1.807, 2.05) is 12.4 Å². The van der Waals surface area contributed by atoms with Gasteiger partial charge in [-0.25, -0.2) is 0 Å². The molecule has 0 aliphatic heterocycles. The molecule has 0 aromatic carbocycles. The number of aromatic nitrogens is 2. The Labute approximate surface area is 101 Å². The lowest BCUT2D eigenvalue weighted by Crippen LogP contribution is -2.30. The summed E-state index contributed by atoms with van der Waals surface area (Å²) >= 11 is 0. The van der Waals surface area contributed by atoms with Crippen LogP contribution in [0.15, 0.2) is 36.9 Å². The third-order valence-electron chi connectivity index (χ3n) is 4.37. The first-order valence-electron chi connectivity index (χ1n) is 6.24. The summed E-state index contributed by atoms with van der Waals surface area (Å²) in [5, 5.41) is 0. The Morgan fingerprint density at radius 3 is 2.47 bits per heavy atom. The van der Waals surface area contributed by atoms with Crippen LogP contribution in [0.1, 0.15) is 47.4 Å². The van der Waals surface area contributed by atoms with Gasteiger partial charge < -0.3 is 0 Å². The molecule has 17 heavy (non-hydrogen) atoms. The van der Waals surface area contributed by atoms with E-state index in [0.29, 0.717) is 17.8 Å². The Morgan fingerprint density at radius 2 is 1.65 bits per heavy atom. The molecule has 3 aliphatic rings. The topological polar surface area (TPSA) is 25.8 Å². The van der Waals surface area contributed by atoms with Gasteiger partial charge in [-0.05, 0) is 46.7 Å². The standard InChI is InChI=1S/C15H14N2/c1-9-6-12-10-2-4-17-8-14(10)15(9)11-3-5-16-7-13(11)12/h2-5,7-9,12,15H,6H2,1H3. The summed E-state index contributed by atoms with van der Waals surface area (Å²) in [6.45, 7) is 2.36. The Balaban J connectivity index is 2.04.